The van der Waals surface area contributed by atoms with E-state index >= 15 is 0 Å². The van der Waals surface area contributed by atoms with Crippen LogP contribution in [0.15, 0.2) is 59.7 Å². The molecule has 2 N–H and O–H groups in total. The van der Waals surface area contributed by atoms with Gasteiger partial charge in [0.15, 0.2) is 17.5 Å². The first-order chi connectivity index (χ1) is 14.2. The lowest BCUT2D eigenvalue weighted by Crippen LogP contribution is -2.39. The van der Waals surface area contributed by atoms with Gasteiger partial charge in [0.2, 0.25) is 0 Å². The van der Waals surface area contributed by atoms with E-state index in [0.717, 1.165) is 48.9 Å². The van der Waals surface area contributed by atoms with Crippen LogP contribution >= 0.6 is 24.0 Å². The Bertz CT molecular complexity index is 973. The van der Waals surface area contributed by atoms with Crippen molar-refractivity contribution in [1.29, 1.82) is 0 Å². The van der Waals surface area contributed by atoms with E-state index in [1.165, 1.54) is 16.5 Å². The largest absolute Gasteiger partial charge is 0.493 e. The van der Waals surface area contributed by atoms with Crippen molar-refractivity contribution in [1.82, 2.24) is 15.6 Å². The Labute approximate surface area is 195 Å². The van der Waals surface area contributed by atoms with Gasteiger partial charge >= 0.3 is 0 Å². The van der Waals surface area contributed by atoms with Gasteiger partial charge in [-0.1, -0.05) is 30.3 Å². The van der Waals surface area contributed by atoms with Crippen molar-refractivity contribution in [2.45, 2.75) is 12.8 Å². The molecule has 0 atom stereocenters. The predicted molar refractivity (Wildman–Crippen MR) is 133 cm³/mol. The molecule has 6 nitrogen and oxygen atoms in total. The molecule has 0 saturated carbocycles. The number of aliphatic imine (C=N–C) groups is 1. The summed E-state index contributed by atoms with van der Waals surface area (Å²) >= 11 is 0. The highest BCUT2D eigenvalue weighted by atomic mass is 127. The van der Waals surface area contributed by atoms with E-state index in [1.807, 2.05) is 30.5 Å². The van der Waals surface area contributed by atoms with Crippen molar-refractivity contribution in [2.24, 2.45) is 4.99 Å². The van der Waals surface area contributed by atoms with Crippen LogP contribution in [0.5, 0.6) is 11.5 Å². The number of hydrogen-bond acceptors (Lipinski definition) is 4. The highest BCUT2D eigenvalue weighted by Crippen LogP contribution is 2.27. The van der Waals surface area contributed by atoms with Gasteiger partial charge in [-0.2, -0.15) is 0 Å². The number of guanidine groups is 1. The van der Waals surface area contributed by atoms with E-state index in [-0.39, 0.29) is 24.0 Å². The van der Waals surface area contributed by atoms with Crippen molar-refractivity contribution in [3.8, 4) is 11.5 Å². The van der Waals surface area contributed by atoms with Gasteiger partial charge in [0.25, 0.3) is 0 Å². The minimum absolute atomic E-state index is 0. The van der Waals surface area contributed by atoms with Crippen LogP contribution in [0.4, 0.5) is 0 Å². The Hall–Kier alpha value is -2.55. The number of methoxy groups -OCH3 is 2. The number of rotatable bonds is 8. The van der Waals surface area contributed by atoms with Crippen LogP contribution in [-0.2, 0) is 12.8 Å². The fraction of sp³-hybridized carbons (Fsp3) is 0.304. The minimum atomic E-state index is 0. The van der Waals surface area contributed by atoms with E-state index < -0.39 is 0 Å². The minimum Gasteiger partial charge on any atom is -0.493 e. The summed E-state index contributed by atoms with van der Waals surface area (Å²) in [5, 5.41) is 7.90. The third-order valence-corrected chi connectivity index (χ3v) is 4.78. The first-order valence-electron chi connectivity index (χ1n) is 9.73. The zero-order chi connectivity index (χ0) is 20.5. The molecule has 0 aliphatic heterocycles. The molecule has 0 saturated heterocycles. The highest BCUT2D eigenvalue weighted by molar-refractivity contribution is 14.0. The Kier molecular flexibility index (Phi) is 9.66. The van der Waals surface area contributed by atoms with Gasteiger partial charge in [0.1, 0.15) is 0 Å². The number of halogens is 1. The molecule has 2 aromatic carbocycles. The van der Waals surface area contributed by atoms with Crippen LogP contribution in [0.2, 0.25) is 0 Å². The summed E-state index contributed by atoms with van der Waals surface area (Å²) in [4.78, 5) is 8.82. The molecule has 0 aliphatic rings. The van der Waals surface area contributed by atoms with Crippen LogP contribution in [0, 0.1) is 0 Å². The van der Waals surface area contributed by atoms with Crippen molar-refractivity contribution in [3.05, 3.63) is 65.9 Å². The average molecular weight is 520 g/mol. The lowest BCUT2D eigenvalue weighted by molar-refractivity contribution is 0.354. The van der Waals surface area contributed by atoms with Crippen LogP contribution in [-0.4, -0.2) is 45.3 Å². The molecule has 0 unspecified atom stereocenters. The third kappa shape index (κ3) is 6.22. The molecular formula is C23H29IN4O2. The third-order valence-electron chi connectivity index (χ3n) is 4.78. The van der Waals surface area contributed by atoms with Gasteiger partial charge < -0.3 is 20.1 Å². The van der Waals surface area contributed by atoms with Gasteiger partial charge in [-0.3, -0.25) is 9.98 Å². The monoisotopic (exact) mass is 520 g/mol. The molecule has 160 valence electrons. The lowest BCUT2D eigenvalue weighted by Gasteiger charge is -2.13. The average Bonchev–Trinajstić information content (AvgIpc) is 2.78. The van der Waals surface area contributed by atoms with E-state index in [1.54, 1.807) is 21.3 Å². The molecule has 0 aliphatic carbocycles. The zero-order valence-corrected chi connectivity index (χ0v) is 20.0. The van der Waals surface area contributed by atoms with Gasteiger partial charge in [-0.25, -0.2) is 0 Å². The molecule has 0 spiro atoms. The second kappa shape index (κ2) is 12.2. The molecule has 7 heteroatoms. The van der Waals surface area contributed by atoms with Crippen LogP contribution in [0.3, 0.4) is 0 Å². The Morgan fingerprint density at radius 2 is 1.67 bits per heavy atom. The van der Waals surface area contributed by atoms with Crippen molar-refractivity contribution in [3.63, 3.8) is 0 Å². The molecule has 0 bridgehead atoms. The summed E-state index contributed by atoms with van der Waals surface area (Å²) in [6.45, 7) is 1.55. The van der Waals surface area contributed by atoms with Gasteiger partial charge in [-0.05, 0) is 42.2 Å². The zero-order valence-electron chi connectivity index (χ0n) is 17.6. The summed E-state index contributed by atoms with van der Waals surface area (Å²) in [7, 11) is 5.07. The van der Waals surface area contributed by atoms with Gasteiger partial charge in [0.05, 0.1) is 19.7 Å². The topological polar surface area (TPSA) is 67.8 Å². The number of pyridine rings is 1. The molecule has 0 fully saturated rings. The van der Waals surface area contributed by atoms with Crippen molar-refractivity contribution in [2.75, 3.05) is 34.4 Å². The summed E-state index contributed by atoms with van der Waals surface area (Å²) in [5.74, 6) is 2.28. The fourth-order valence-corrected chi connectivity index (χ4v) is 3.27. The number of aromatic nitrogens is 1. The first kappa shape index (κ1) is 23.7. The summed E-state index contributed by atoms with van der Waals surface area (Å²) in [5.41, 5.74) is 3.47. The Balaban J connectivity index is 0.00000320. The predicted octanol–water partition coefficient (Wildman–Crippen LogP) is 3.82. The summed E-state index contributed by atoms with van der Waals surface area (Å²) < 4.78 is 10.6. The number of nitrogens with zero attached hydrogens (tertiary/aromatic N) is 2. The first-order valence-corrected chi connectivity index (χ1v) is 9.73. The SMILES string of the molecule is CN=C(NCCc1ccc(OC)c(OC)c1)NCCc1cccc2cccnc12.I. The molecule has 30 heavy (non-hydrogen) atoms. The number of hydrogen-bond donors (Lipinski definition) is 2. The fourth-order valence-electron chi connectivity index (χ4n) is 3.27. The normalized spacial score (nSPS) is 11.0. The van der Waals surface area contributed by atoms with E-state index in [4.69, 9.17) is 9.47 Å². The number of ether oxygens (including phenoxy) is 2. The molecular weight excluding hydrogens is 491 g/mol. The van der Waals surface area contributed by atoms with Gasteiger partial charge in [0, 0.05) is 31.7 Å². The summed E-state index contributed by atoms with van der Waals surface area (Å²) in [6, 6.07) is 16.3. The maximum Gasteiger partial charge on any atom is 0.190 e. The Morgan fingerprint density at radius 1 is 0.933 bits per heavy atom. The van der Waals surface area contributed by atoms with Crippen LogP contribution in [0.1, 0.15) is 11.1 Å². The standard InChI is InChI=1S/C23H28N4O2.HI/c1-24-23(26-14-11-17-9-10-20(28-2)21(16-17)29-3)27-15-12-19-7-4-6-18-8-5-13-25-22(18)19;/h4-10,13,16H,11-12,14-15H2,1-3H3,(H2,24,26,27);1H. The number of fused-ring (bicyclic) bond motifs is 1. The Morgan fingerprint density at radius 3 is 2.40 bits per heavy atom. The lowest BCUT2D eigenvalue weighted by atomic mass is 10.1. The second-order valence-electron chi connectivity index (χ2n) is 6.61. The molecule has 3 aromatic rings. The molecule has 1 aromatic heterocycles. The van der Waals surface area contributed by atoms with E-state index in [2.05, 4.69) is 44.9 Å². The van der Waals surface area contributed by atoms with E-state index in [0.29, 0.717) is 0 Å². The van der Waals surface area contributed by atoms with Crippen LogP contribution in [0.25, 0.3) is 10.9 Å². The van der Waals surface area contributed by atoms with E-state index in [9.17, 15) is 0 Å². The molecule has 0 amide bonds. The number of benzene rings is 2. The molecule has 0 radical (unpaired) electrons. The highest BCUT2D eigenvalue weighted by Gasteiger charge is 2.06. The number of nitrogens with one attached hydrogen (secondary N) is 2. The second-order valence-corrected chi connectivity index (χ2v) is 6.61. The number of para-hydroxylation sites is 1. The van der Waals surface area contributed by atoms with Crippen molar-refractivity contribution < 1.29 is 9.47 Å². The quantitative estimate of drug-likeness (QED) is 0.269. The molecule has 3 rings (SSSR count). The maximum atomic E-state index is 5.36. The molecule has 1 heterocycles. The maximum absolute atomic E-state index is 5.36. The summed E-state index contributed by atoms with van der Waals surface area (Å²) in [6.07, 6.45) is 3.58. The smallest absolute Gasteiger partial charge is 0.190 e. The van der Waals surface area contributed by atoms with Crippen LogP contribution < -0.4 is 20.1 Å². The van der Waals surface area contributed by atoms with Crippen molar-refractivity contribution >= 4 is 40.8 Å². The van der Waals surface area contributed by atoms with Gasteiger partial charge in [-0.15, -0.1) is 24.0 Å².